The molecule has 0 saturated carbocycles. The SMILES string of the molecule is COc1ccc(-c2noc(-c3cc(C(=O)Nc4c(Cl)cncc4Cl)ccc3OC)n2)cc1. The fourth-order valence-corrected chi connectivity index (χ4v) is 3.38. The number of carbonyl (C=O) groups is 1. The second-order valence-electron chi connectivity index (χ2n) is 6.50. The number of nitrogens with one attached hydrogen (secondary N) is 1. The lowest BCUT2D eigenvalue weighted by Crippen LogP contribution is -2.13. The van der Waals surface area contributed by atoms with Crippen LogP contribution >= 0.6 is 23.2 Å². The molecule has 0 aliphatic carbocycles. The molecule has 32 heavy (non-hydrogen) atoms. The topological polar surface area (TPSA) is 99.4 Å². The van der Waals surface area contributed by atoms with Crippen molar-refractivity contribution in [3.05, 3.63) is 70.5 Å². The first-order valence-corrected chi connectivity index (χ1v) is 10.0. The van der Waals surface area contributed by atoms with Crippen LogP contribution in [0.25, 0.3) is 22.8 Å². The molecule has 10 heteroatoms. The summed E-state index contributed by atoms with van der Waals surface area (Å²) in [5, 5.41) is 7.17. The van der Waals surface area contributed by atoms with Crippen LogP contribution in [0, 0.1) is 0 Å². The molecule has 2 aromatic heterocycles. The van der Waals surface area contributed by atoms with E-state index in [1.165, 1.54) is 19.5 Å². The molecule has 0 fully saturated rings. The molecule has 4 aromatic rings. The number of pyridine rings is 1. The van der Waals surface area contributed by atoms with E-state index >= 15 is 0 Å². The van der Waals surface area contributed by atoms with Gasteiger partial charge in [0.15, 0.2) is 0 Å². The van der Waals surface area contributed by atoms with E-state index in [0.29, 0.717) is 28.5 Å². The van der Waals surface area contributed by atoms with Crippen molar-refractivity contribution in [2.24, 2.45) is 0 Å². The number of amides is 1. The number of ether oxygens (including phenoxy) is 2. The quantitative estimate of drug-likeness (QED) is 0.403. The summed E-state index contributed by atoms with van der Waals surface area (Å²) >= 11 is 12.2. The number of rotatable bonds is 6. The minimum absolute atomic E-state index is 0.197. The van der Waals surface area contributed by atoms with Gasteiger partial charge in [0.2, 0.25) is 5.82 Å². The first-order valence-electron chi connectivity index (χ1n) is 9.27. The zero-order valence-electron chi connectivity index (χ0n) is 16.9. The zero-order valence-corrected chi connectivity index (χ0v) is 18.4. The fraction of sp³-hybridized carbons (Fsp3) is 0.0909. The van der Waals surface area contributed by atoms with Crippen molar-refractivity contribution >= 4 is 34.8 Å². The minimum atomic E-state index is -0.432. The fourth-order valence-electron chi connectivity index (χ4n) is 2.92. The Hall–Kier alpha value is -3.62. The van der Waals surface area contributed by atoms with Crippen LogP contribution in [0.1, 0.15) is 10.4 Å². The van der Waals surface area contributed by atoms with Crippen molar-refractivity contribution in [1.29, 1.82) is 0 Å². The molecule has 0 unspecified atom stereocenters. The van der Waals surface area contributed by atoms with Crippen LogP contribution in [-0.2, 0) is 0 Å². The van der Waals surface area contributed by atoms with Crippen molar-refractivity contribution in [3.63, 3.8) is 0 Å². The molecule has 2 aromatic carbocycles. The van der Waals surface area contributed by atoms with Crippen molar-refractivity contribution in [1.82, 2.24) is 15.1 Å². The minimum Gasteiger partial charge on any atom is -0.497 e. The molecule has 162 valence electrons. The Labute approximate surface area is 193 Å². The van der Waals surface area contributed by atoms with Gasteiger partial charge in [-0.25, -0.2) is 0 Å². The van der Waals surface area contributed by atoms with Gasteiger partial charge in [-0.15, -0.1) is 0 Å². The molecule has 0 aliphatic rings. The number of hydrogen-bond donors (Lipinski definition) is 1. The smallest absolute Gasteiger partial charge is 0.262 e. The van der Waals surface area contributed by atoms with Crippen LogP contribution in [0.4, 0.5) is 5.69 Å². The van der Waals surface area contributed by atoms with E-state index in [1.54, 1.807) is 37.4 Å². The summed E-state index contributed by atoms with van der Waals surface area (Å²) in [6, 6.07) is 12.0. The van der Waals surface area contributed by atoms with Gasteiger partial charge in [-0.1, -0.05) is 28.4 Å². The highest BCUT2D eigenvalue weighted by Gasteiger charge is 2.19. The Balaban J connectivity index is 1.65. The lowest BCUT2D eigenvalue weighted by Gasteiger charge is -2.10. The van der Waals surface area contributed by atoms with E-state index in [4.69, 9.17) is 37.2 Å². The largest absolute Gasteiger partial charge is 0.497 e. The molecular weight excluding hydrogens is 455 g/mol. The summed E-state index contributed by atoms with van der Waals surface area (Å²) in [4.78, 5) is 21.1. The van der Waals surface area contributed by atoms with E-state index in [2.05, 4.69) is 20.4 Å². The first kappa shape index (κ1) is 21.6. The normalized spacial score (nSPS) is 10.6. The molecular formula is C22H16Cl2N4O4. The third kappa shape index (κ3) is 4.37. The van der Waals surface area contributed by atoms with Crippen molar-refractivity contribution in [2.75, 3.05) is 19.5 Å². The Kier molecular flexibility index (Phi) is 6.25. The molecule has 0 atom stereocenters. The monoisotopic (exact) mass is 470 g/mol. The van der Waals surface area contributed by atoms with Crippen molar-refractivity contribution < 1.29 is 18.8 Å². The van der Waals surface area contributed by atoms with Gasteiger partial charge in [-0.3, -0.25) is 9.78 Å². The lowest BCUT2D eigenvalue weighted by atomic mass is 10.1. The summed E-state index contributed by atoms with van der Waals surface area (Å²) in [5.41, 5.74) is 1.79. The highest BCUT2D eigenvalue weighted by Crippen LogP contribution is 2.33. The van der Waals surface area contributed by atoms with E-state index in [9.17, 15) is 4.79 Å². The van der Waals surface area contributed by atoms with Crippen LogP contribution in [0.15, 0.2) is 59.4 Å². The van der Waals surface area contributed by atoms with Gasteiger partial charge in [0.05, 0.1) is 35.5 Å². The van der Waals surface area contributed by atoms with Crippen LogP contribution in [-0.4, -0.2) is 35.3 Å². The highest BCUT2D eigenvalue weighted by molar-refractivity contribution is 6.39. The van der Waals surface area contributed by atoms with Gasteiger partial charge in [-0.05, 0) is 42.5 Å². The van der Waals surface area contributed by atoms with Gasteiger partial charge >= 0.3 is 0 Å². The third-order valence-electron chi connectivity index (χ3n) is 4.56. The standard InChI is InChI=1S/C22H16Cl2N4O4/c1-30-14-6-3-12(4-7-14)20-27-22(32-28-20)15-9-13(5-8-18(15)31-2)21(29)26-19-16(23)10-25-11-17(19)24/h3-11H,1-2H3,(H,25,26,29). The maximum Gasteiger partial charge on any atom is 0.262 e. The molecule has 0 radical (unpaired) electrons. The van der Waals surface area contributed by atoms with Crippen molar-refractivity contribution in [2.45, 2.75) is 0 Å². The van der Waals surface area contributed by atoms with E-state index in [1.807, 2.05) is 12.1 Å². The predicted molar refractivity (Wildman–Crippen MR) is 120 cm³/mol. The van der Waals surface area contributed by atoms with E-state index < -0.39 is 5.91 Å². The van der Waals surface area contributed by atoms with Crippen LogP contribution in [0.3, 0.4) is 0 Å². The molecule has 0 bridgehead atoms. The van der Waals surface area contributed by atoms with Gasteiger partial charge < -0.3 is 19.3 Å². The summed E-state index contributed by atoms with van der Waals surface area (Å²) in [5.74, 6) is 1.33. The van der Waals surface area contributed by atoms with Crippen LogP contribution in [0.5, 0.6) is 11.5 Å². The number of hydrogen-bond acceptors (Lipinski definition) is 7. The van der Waals surface area contributed by atoms with Gasteiger partial charge in [0.1, 0.15) is 11.5 Å². The molecule has 0 spiro atoms. The molecule has 1 amide bonds. The Morgan fingerprint density at radius 1 is 1.00 bits per heavy atom. The maximum absolute atomic E-state index is 12.8. The van der Waals surface area contributed by atoms with Gasteiger partial charge in [-0.2, -0.15) is 4.98 Å². The highest BCUT2D eigenvalue weighted by atomic mass is 35.5. The summed E-state index contributed by atoms with van der Waals surface area (Å²) in [7, 11) is 3.10. The van der Waals surface area contributed by atoms with E-state index in [-0.39, 0.29) is 21.6 Å². The average Bonchev–Trinajstić information content (AvgIpc) is 3.31. The number of methoxy groups -OCH3 is 2. The molecule has 2 heterocycles. The molecule has 1 N–H and O–H groups in total. The van der Waals surface area contributed by atoms with Crippen LogP contribution in [0.2, 0.25) is 10.0 Å². The number of aromatic nitrogens is 3. The molecule has 4 rings (SSSR count). The second-order valence-corrected chi connectivity index (χ2v) is 7.31. The van der Waals surface area contributed by atoms with E-state index in [0.717, 1.165) is 5.56 Å². The maximum atomic E-state index is 12.8. The molecule has 0 aliphatic heterocycles. The molecule has 8 nitrogen and oxygen atoms in total. The van der Waals surface area contributed by atoms with Gasteiger partial charge in [0.25, 0.3) is 11.8 Å². The second kappa shape index (κ2) is 9.25. The average molecular weight is 471 g/mol. The summed E-state index contributed by atoms with van der Waals surface area (Å²) in [6.07, 6.45) is 2.78. The number of benzene rings is 2. The number of anilines is 1. The van der Waals surface area contributed by atoms with Crippen molar-refractivity contribution in [3.8, 4) is 34.3 Å². The Morgan fingerprint density at radius 2 is 1.72 bits per heavy atom. The number of nitrogens with zero attached hydrogens (tertiary/aromatic N) is 3. The summed E-state index contributed by atoms with van der Waals surface area (Å²) in [6.45, 7) is 0. The predicted octanol–water partition coefficient (Wildman–Crippen LogP) is 5.37. The Bertz CT molecular complexity index is 1260. The van der Waals surface area contributed by atoms with Gasteiger partial charge in [0, 0.05) is 23.5 Å². The Morgan fingerprint density at radius 3 is 2.38 bits per heavy atom. The third-order valence-corrected chi connectivity index (χ3v) is 5.13. The number of carbonyl (C=O) groups excluding carboxylic acids is 1. The lowest BCUT2D eigenvalue weighted by molar-refractivity contribution is 0.102. The molecule has 0 saturated heterocycles. The zero-order chi connectivity index (χ0) is 22.7. The first-order chi connectivity index (χ1) is 15.5. The van der Waals surface area contributed by atoms with Crippen LogP contribution < -0.4 is 14.8 Å². The number of halogens is 2. The summed E-state index contributed by atoms with van der Waals surface area (Å²) < 4.78 is 16.0.